The number of imidazole rings is 1. The number of H-pyrrole nitrogens is 1. The summed E-state index contributed by atoms with van der Waals surface area (Å²) in [5.74, 6) is -0.237. The molecule has 0 aliphatic heterocycles. The highest BCUT2D eigenvalue weighted by Gasteiger charge is 2.14. The third-order valence-corrected chi connectivity index (χ3v) is 2.91. The minimum atomic E-state index is -0.462. The van der Waals surface area contributed by atoms with E-state index < -0.39 is 5.97 Å². The van der Waals surface area contributed by atoms with Crippen LogP contribution in [0.1, 0.15) is 16.3 Å². The number of carbonyl (C=O) groups excluding carboxylic acids is 1. The first kappa shape index (κ1) is 11.9. The molecule has 0 radical (unpaired) electrons. The van der Waals surface area contributed by atoms with Crippen LogP contribution in [0.25, 0.3) is 11.3 Å². The molecule has 0 amide bonds. The van der Waals surface area contributed by atoms with Gasteiger partial charge in [-0.1, -0.05) is 28.1 Å². The molecule has 1 aromatic heterocycles. The van der Waals surface area contributed by atoms with Crippen molar-refractivity contribution in [2.24, 2.45) is 0 Å². The molecular weight excluding hydrogens is 284 g/mol. The summed E-state index contributed by atoms with van der Waals surface area (Å²) in [5, 5.41) is 0. The Morgan fingerprint density at radius 1 is 1.35 bits per heavy atom. The highest BCUT2D eigenvalue weighted by molar-refractivity contribution is 9.10. The number of rotatable bonds is 2. The van der Waals surface area contributed by atoms with Crippen molar-refractivity contribution in [3.05, 3.63) is 40.3 Å². The van der Waals surface area contributed by atoms with Gasteiger partial charge in [-0.15, -0.1) is 0 Å². The molecule has 0 fully saturated rings. The molecule has 1 heterocycles. The summed E-state index contributed by atoms with van der Waals surface area (Å²) in [6.45, 7) is 1.87. The van der Waals surface area contributed by atoms with Crippen LogP contribution < -0.4 is 0 Å². The molecule has 5 heteroatoms. The number of carbonyl (C=O) groups is 1. The molecule has 0 bridgehead atoms. The number of ether oxygens (including phenoxy) is 1. The first-order valence-electron chi connectivity index (χ1n) is 5.02. The highest BCUT2D eigenvalue weighted by Crippen LogP contribution is 2.23. The Morgan fingerprint density at radius 3 is 2.59 bits per heavy atom. The quantitative estimate of drug-likeness (QED) is 0.867. The van der Waals surface area contributed by atoms with Crippen LogP contribution in [-0.2, 0) is 4.74 Å². The SMILES string of the molecule is COC(=O)c1nc(-c2ccc(Br)cc2)c(C)[nH]1. The number of halogens is 1. The van der Waals surface area contributed by atoms with Gasteiger partial charge in [0.2, 0.25) is 5.82 Å². The summed E-state index contributed by atoms with van der Waals surface area (Å²) in [7, 11) is 1.33. The van der Waals surface area contributed by atoms with E-state index in [-0.39, 0.29) is 5.82 Å². The van der Waals surface area contributed by atoms with E-state index >= 15 is 0 Å². The van der Waals surface area contributed by atoms with Crippen LogP contribution in [0.3, 0.4) is 0 Å². The van der Waals surface area contributed by atoms with Crippen molar-refractivity contribution in [3.63, 3.8) is 0 Å². The summed E-state index contributed by atoms with van der Waals surface area (Å²) in [5.41, 5.74) is 2.56. The van der Waals surface area contributed by atoms with Crippen molar-refractivity contribution in [1.82, 2.24) is 9.97 Å². The Hall–Kier alpha value is -1.62. The molecule has 0 saturated carbocycles. The topological polar surface area (TPSA) is 55.0 Å². The molecule has 1 N–H and O–H groups in total. The standard InChI is InChI=1S/C12H11BrN2O2/c1-7-10(8-3-5-9(13)6-4-8)15-11(14-7)12(16)17-2/h3-6H,1-2H3,(H,14,15). The lowest BCUT2D eigenvalue weighted by Gasteiger charge is -1.98. The molecule has 2 rings (SSSR count). The van der Waals surface area contributed by atoms with Crippen molar-refractivity contribution >= 4 is 21.9 Å². The first-order chi connectivity index (χ1) is 8.11. The minimum Gasteiger partial charge on any atom is -0.463 e. The molecule has 1 aromatic carbocycles. The third-order valence-electron chi connectivity index (χ3n) is 2.38. The van der Waals surface area contributed by atoms with Crippen molar-refractivity contribution in [1.29, 1.82) is 0 Å². The predicted molar refractivity (Wildman–Crippen MR) is 67.8 cm³/mol. The van der Waals surface area contributed by atoms with E-state index in [4.69, 9.17) is 0 Å². The van der Waals surface area contributed by atoms with Crippen LogP contribution >= 0.6 is 15.9 Å². The number of hydrogen-bond acceptors (Lipinski definition) is 3. The first-order valence-corrected chi connectivity index (χ1v) is 5.82. The molecule has 2 aromatic rings. The molecule has 0 atom stereocenters. The lowest BCUT2D eigenvalue weighted by Crippen LogP contribution is -2.03. The number of nitrogens with one attached hydrogen (secondary N) is 1. The summed E-state index contributed by atoms with van der Waals surface area (Å²) in [6.07, 6.45) is 0. The normalized spacial score (nSPS) is 10.3. The molecule has 0 aliphatic rings. The van der Waals surface area contributed by atoms with Crippen molar-refractivity contribution in [3.8, 4) is 11.3 Å². The molecule has 88 valence electrons. The molecule has 0 spiro atoms. The molecule has 0 aliphatic carbocycles. The second-order valence-corrected chi connectivity index (χ2v) is 4.47. The highest BCUT2D eigenvalue weighted by atomic mass is 79.9. The van der Waals surface area contributed by atoms with Crippen molar-refractivity contribution in [2.75, 3.05) is 7.11 Å². The number of esters is 1. The van der Waals surface area contributed by atoms with Crippen LogP contribution in [0.5, 0.6) is 0 Å². The van der Waals surface area contributed by atoms with Crippen molar-refractivity contribution in [2.45, 2.75) is 6.92 Å². The van der Waals surface area contributed by atoms with E-state index in [0.29, 0.717) is 0 Å². The maximum atomic E-state index is 11.3. The van der Waals surface area contributed by atoms with Crippen LogP contribution in [0.4, 0.5) is 0 Å². The number of hydrogen-bond donors (Lipinski definition) is 1. The summed E-state index contributed by atoms with van der Waals surface area (Å²) in [4.78, 5) is 18.5. The van der Waals surface area contributed by atoms with Gasteiger partial charge in [-0.2, -0.15) is 0 Å². The number of methoxy groups -OCH3 is 1. The second-order valence-electron chi connectivity index (χ2n) is 3.56. The zero-order chi connectivity index (χ0) is 12.4. The fraction of sp³-hybridized carbons (Fsp3) is 0.167. The van der Waals surface area contributed by atoms with E-state index in [2.05, 4.69) is 30.6 Å². The van der Waals surface area contributed by atoms with E-state index in [1.807, 2.05) is 31.2 Å². The minimum absolute atomic E-state index is 0.225. The van der Waals surface area contributed by atoms with Gasteiger partial charge in [-0.25, -0.2) is 9.78 Å². The van der Waals surface area contributed by atoms with Gasteiger partial charge in [0.05, 0.1) is 12.8 Å². The van der Waals surface area contributed by atoms with Gasteiger partial charge >= 0.3 is 5.97 Å². The second kappa shape index (κ2) is 4.71. The number of aromatic amines is 1. The van der Waals surface area contributed by atoms with Crippen molar-refractivity contribution < 1.29 is 9.53 Å². The third kappa shape index (κ3) is 2.39. The Kier molecular flexibility index (Phi) is 3.28. The Labute approximate surface area is 107 Å². The zero-order valence-corrected chi connectivity index (χ0v) is 11.0. The number of nitrogens with zero attached hydrogens (tertiary/aromatic N) is 1. The number of benzene rings is 1. The smallest absolute Gasteiger partial charge is 0.374 e. The molecule has 4 nitrogen and oxygen atoms in total. The van der Waals surface area contributed by atoms with Crippen LogP contribution in [0, 0.1) is 6.92 Å². The molecular formula is C12H11BrN2O2. The molecule has 17 heavy (non-hydrogen) atoms. The molecule has 0 unspecified atom stereocenters. The van der Waals surface area contributed by atoms with Crippen LogP contribution in [0.15, 0.2) is 28.7 Å². The van der Waals surface area contributed by atoms with Gasteiger partial charge in [0.1, 0.15) is 0 Å². The molecule has 0 saturated heterocycles. The van der Waals surface area contributed by atoms with E-state index in [1.54, 1.807) is 0 Å². The summed E-state index contributed by atoms with van der Waals surface area (Å²) in [6, 6.07) is 7.74. The maximum Gasteiger partial charge on any atom is 0.374 e. The fourth-order valence-electron chi connectivity index (χ4n) is 1.54. The van der Waals surface area contributed by atoms with Gasteiger partial charge in [0.15, 0.2) is 0 Å². The van der Waals surface area contributed by atoms with Gasteiger partial charge in [-0.3, -0.25) is 0 Å². The van der Waals surface area contributed by atoms with Gasteiger partial charge < -0.3 is 9.72 Å². The van der Waals surface area contributed by atoms with E-state index in [0.717, 1.165) is 21.4 Å². The zero-order valence-electron chi connectivity index (χ0n) is 9.45. The fourth-order valence-corrected chi connectivity index (χ4v) is 1.81. The van der Waals surface area contributed by atoms with E-state index in [1.165, 1.54) is 7.11 Å². The Balaban J connectivity index is 2.42. The van der Waals surface area contributed by atoms with Crippen LogP contribution in [0.2, 0.25) is 0 Å². The average molecular weight is 295 g/mol. The van der Waals surface area contributed by atoms with Crippen LogP contribution in [-0.4, -0.2) is 23.0 Å². The number of aryl methyl sites for hydroxylation is 1. The largest absolute Gasteiger partial charge is 0.463 e. The monoisotopic (exact) mass is 294 g/mol. The average Bonchev–Trinajstić information content (AvgIpc) is 2.71. The summed E-state index contributed by atoms with van der Waals surface area (Å²) < 4.78 is 5.62. The lowest BCUT2D eigenvalue weighted by atomic mass is 10.1. The Morgan fingerprint density at radius 2 is 2.00 bits per heavy atom. The Bertz CT molecular complexity index is 546. The van der Waals surface area contributed by atoms with Gasteiger partial charge in [-0.05, 0) is 19.1 Å². The van der Waals surface area contributed by atoms with Gasteiger partial charge in [0, 0.05) is 15.7 Å². The lowest BCUT2D eigenvalue weighted by molar-refractivity contribution is 0.0588. The van der Waals surface area contributed by atoms with E-state index in [9.17, 15) is 4.79 Å². The number of aromatic nitrogens is 2. The predicted octanol–water partition coefficient (Wildman–Crippen LogP) is 2.93. The summed E-state index contributed by atoms with van der Waals surface area (Å²) >= 11 is 3.37. The maximum absolute atomic E-state index is 11.3. The van der Waals surface area contributed by atoms with Gasteiger partial charge in [0.25, 0.3) is 0 Å².